The molecule has 0 spiro atoms. The maximum absolute atomic E-state index is 12.3. The first-order chi connectivity index (χ1) is 24.5. The fourth-order valence-electron chi connectivity index (χ4n) is 6.75. The molecule has 2 amide bonds. The van der Waals surface area contributed by atoms with Gasteiger partial charge in [0.05, 0.1) is 0 Å². The number of hydrogen-bond acceptors (Lipinski definition) is 6. The van der Waals surface area contributed by atoms with E-state index >= 15 is 0 Å². The van der Waals surface area contributed by atoms with Gasteiger partial charge in [0.25, 0.3) is 0 Å². The number of anilines is 1. The third-order valence-electron chi connectivity index (χ3n) is 9.44. The van der Waals surface area contributed by atoms with E-state index in [-0.39, 0.29) is 23.7 Å². The van der Waals surface area contributed by atoms with E-state index in [9.17, 15) is 9.90 Å². The molecule has 4 aromatic carbocycles. The first kappa shape index (κ1) is 37.9. The normalized spacial score (nSPS) is 14.6. The second-order valence-corrected chi connectivity index (χ2v) is 19.1. The number of carbonyl (C=O) groups is 1. The number of hydrogen-bond donors (Lipinski definition) is 4. The van der Waals surface area contributed by atoms with Crippen molar-refractivity contribution in [3.63, 3.8) is 0 Å². The molecule has 0 aromatic heterocycles. The molecule has 51 heavy (non-hydrogen) atoms. The Balaban J connectivity index is 1.04. The van der Waals surface area contributed by atoms with Gasteiger partial charge in [0.15, 0.2) is 0 Å². The lowest BCUT2D eigenvalue weighted by molar-refractivity contribution is 0.106. The summed E-state index contributed by atoms with van der Waals surface area (Å²) < 4.78 is 13.0. The molecule has 1 aliphatic heterocycles. The zero-order valence-corrected chi connectivity index (χ0v) is 31.9. The zero-order valence-electron chi connectivity index (χ0n) is 30.9. The minimum Gasteiger partial charge on any atom is -0.534 e. The van der Waals surface area contributed by atoms with Crippen LogP contribution in [0.25, 0.3) is 0 Å². The van der Waals surface area contributed by atoms with Crippen LogP contribution < -0.4 is 35.5 Å². The molecule has 9 heteroatoms. The van der Waals surface area contributed by atoms with Crippen LogP contribution in [-0.4, -0.2) is 75.3 Å². The van der Waals surface area contributed by atoms with Crippen LogP contribution in [0.1, 0.15) is 53.0 Å². The highest BCUT2D eigenvalue weighted by Crippen LogP contribution is 2.37. The van der Waals surface area contributed by atoms with Gasteiger partial charge >= 0.3 is 14.3 Å². The number of rotatable bonds is 15. The van der Waals surface area contributed by atoms with E-state index in [0.717, 1.165) is 50.3 Å². The van der Waals surface area contributed by atoms with Crippen molar-refractivity contribution in [2.45, 2.75) is 77.1 Å². The topological polar surface area (TPSA) is 95.1 Å². The predicted octanol–water partition coefficient (Wildman–Crippen LogP) is 6.19. The van der Waals surface area contributed by atoms with Gasteiger partial charge < -0.3 is 35.1 Å². The van der Waals surface area contributed by atoms with E-state index in [0.29, 0.717) is 18.3 Å². The standard InChI is InChI=1S/C42H56N4O4Si/c1-32(2)44-41(48)46-28-25-35(26-29-46)45-34-18-16-33(17-19-34)24-27-43-30-36(47)31-49-37-20-22-38(23-21-37)50-51(42(3,4)5,39-12-8-6-9-13-39)40-14-10-7-11-15-40/h6-23,32,35-36,43,45,47H,24-31H2,1-5H3,(H,44,48)/t36-/m0/s1. The maximum atomic E-state index is 12.3. The molecule has 8 nitrogen and oxygen atoms in total. The Morgan fingerprint density at radius 2 is 1.41 bits per heavy atom. The first-order valence-corrected chi connectivity index (χ1v) is 20.3. The van der Waals surface area contributed by atoms with Crippen LogP contribution in [0.4, 0.5) is 10.5 Å². The SMILES string of the molecule is CC(C)NC(=O)N1CCC(Nc2ccc(CCNC[C@H](O)COc3ccc(O[Si](c4ccccc4)(c4ccccc4)C(C)(C)C)cc3)cc2)CC1. The summed E-state index contributed by atoms with van der Waals surface area (Å²) in [6.45, 7) is 13.7. The Kier molecular flexibility index (Phi) is 13.2. The molecular formula is C42H56N4O4Si. The predicted molar refractivity (Wildman–Crippen MR) is 211 cm³/mol. The van der Waals surface area contributed by atoms with Gasteiger partial charge in [-0.2, -0.15) is 0 Å². The second-order valence-electron chi connectivity index (χ2n) is 14.9. The van der Waals surface area contributed by atoms with Crippen molar-refractivity contribution in [1.82, 2.24) is 15.5 Å². The minimum atomic E-state index is -2.71. The number of urea groups is 1. The number of ether oxygens (including phenoxy) is 1. The van der Waals surface area contributed by atoms with Crippen molar-refractivity contribution in [1.29, 1.82) is 0 Å². The quantitative estimate of drug-likeness (QED) is 0.0870. The fraction of sp³-hybridized carbons (Fsp3) is 0.405. The zero-order chi connectivity index (χ0) is 36.3. The maximum Gasteiger partial charge on any atom is 0.319 e. The molecule has 1 fully saturated rings. The van der Waals surface area contributed by atoms with Gasteiger partial charge in [-0.25, -0.2) is 4.79 Å². The summed E-state index contributed by atoms with van der Waals surface area (Å²) in [6.07, 6.45) is 2.11. The third kappa shape index (κ3) is 10.4. The summed E-state index contributed by atoms with van der Waals surface area (Å²) in [5, 5.41) is 22.9. The molecule has 0 saturated carbocycles. The molecule has 4 N–H and O–H groups in total. The van der Waals surface area contributed by atoms with Crippen molar-refractivity contribution in [3.8, 4) is 11.5 Å². The molecule has 1 heterocycles. The highest BCUT2D eigenvalue weighted by molar-refractivity contribution is 7.00. The van der Waals surface area contributed by atoms with Crippen molar-refractivity contribution in [3.05, 3.63) is 115 Å². The monoisotopic (exact) mass is 708 g/mol. The van der Waals surface area contributed by atoms with E-state index in [1.165, 1.54) is 15.9 Å². The Labute approximate surface area is 305 Å². The number of benzene rings is 4. The Bertz CT molecular complexity index is 1580. The van der Waals surface area contributed by atoms with E-state index in [1.54, 1.807) is 0 Å². The number of piperidine rings is 1. The summed E-state index contributed by atoms with van der Waals surface area (Å²) in [4.78, 5) is 14.2. The van der Waals surface area contributed by atoms with Crippen LogP contribution in [0.2, 0.25) is 5.04 Å². The summed E-state index contributed by atoms with van der Waals surface area (Å²) in [5.74, 6) is 1.50. The Morgan fingerprint density at radius 3 is 1.96 bits per heavy atom. The number of carbonyl (C=O) groups excluding carboxylic acids is 1. The smallest absolute Gasteiger partial charge is 0.319 e. The van der Waals surface area contributed by atoms with Crippen molar-refractivity contribution in [2.75, 3.05) is 38.1 Å². The van der Waals surface area contributed by atoms with E-state index in [1.807, 2.05) is 55.1 Å². The molecule has 0 aliphatic carbocycles. The van der Waals surface area contributed by atoms with Crippen LogP contribution in [0.3, 0.4) is 0 Å². The van der Waals surface area contributed by atoms with Crippen molar-refractivity contribution < 1.29 is 19.1 Å². The summed E-state index contributed by atoms with van der Waals surface area (Å²) >= 11 is 0. The Hall–Kier alpha value is -4.31. The molecule has 0 radical (unpaired) electrons. The number of aliphatic hydroxyl groups is 1. The van der Waals surface area contributed by atoms with Gasteiger partial charge in [0.2, 0.25) is 0 Å². The third-order valence-corrected chi connectivity index (χ3v) is 14.4. The number of aliphatic hydroxyl groups excluding tert-OH is 1. The fourth-order valence-corrected chi connectivity index (χ4v) is 11.2. The number of likely N-dealkylation sites (tertiary alicyclic amines) is 1. The van der Waals surface area contributed by atoms with Crippen LogP contribution in [-0.2, 0) is 6.42 Å². The molecule has 272 valence electrons. The molecule has 5 rings (SSSR count). The molecule has 0 bridgehead atoms. The van der Waals surface area contributed by atoms with Crippen LogP contribution in [0.5, 0.6) is 11.5 Å². The van der Waals surface area contributed by atoms with E-state index in [4.69, 9.17) is 9.16 Å². The van der Waals surface area contributed by atoms with Crippen LogP contribution >= 0.6 is 0 Å². The summed E-state index contributed by atoms with van der Waals surface area (Å²) in [7, 11) is -2.71. The van der Waals surface area contributed by atoms with Gasteiger partial charge in [0.1, 0.15) is 24.2 Å². The average molecular weight is 709 g/mol. The largest absolute Gasteiger partial charge is 0.534 e. The van der Waals surface area contributed by atoms with Gasteiger partial charge in [-0.3, -0.25) is 0 Å². The van der Waals surface area contributed by atoms with Crippen molar-refractivity contribution in [2.24, 2.45) is 0 Å². The highest BCUT2D eigenvalue weighted by Gasteiger charge is 2.52. The molecule has 4 aromatic rings. The molecular weight excluding hydrogens is 653 g/mol. The second kappa shape index (κ2) is 17.8. The lowest BCUT2D eigenvalue weighted by Crippen LogP contribution is -2.68. The van der Waals surface area contributed by atoms with E-state index in [2.05, 4.69) is 110 Å². The highest BCUT2D eigenvalue weighted by atomic mass is 28.4. The average Bonchev–Trinajstić information content (AvgIpc) is 3.13. The number of amides is 2. The number of nitrogens with zero attached hydrogens (tertiary/aromatic N) is 1. The van der Waals surface area contributed by atoms with Gasteiger partial charge in [-0.05, 0) is 97.0 Å². The number of nitrogens with one attached hydrogen (secondary N) is 3. The lowest BCUT2D eigenvalue weighted by atomic mass is 10.0. The van der Waals surface area contributed by atoms with Gasteiger partial charge in [-0.15, -0.1) is 0 Å². The van der Waals surface area contributed by atoms with E-state index < -0.39 is 14.4 Å². The Morgan fingerprint density at radius 1 is 0.843 bits per heavy atom. The first-order valence-electron chi connectivity index (χ1n) is 18.4. The van der Waals surface area contributed by atoms with Crippen LogP contribution in [0, 0.1) is 0 Å². The molecule has 1 aliphatic rings. The van der Waals surface area contributed by atoms with Crippen LogP contribution in [0.15, 0.2) is 109 Å². The summed E-state index contributed by atoms with van der Waals surface area (Å²) in [5.41, 5.74) is 2.34. The van der Waals surface area contributed by atoms with Crippen molar-refractivity contribution >= 4 is 30.4 Å². The molecule has 0 unspecified atom stereocenters. The van der Waals surface area contributed by atoms with Gasteiger partial charge in [-0.1, -0.05) is 93.6 Å². The summed E-state index contributed by atoms with van der Waals surface area (Å²) in [6, 6.07) is 38.1. The molecule has 1 atom stereocenters. The lowest BCUT2D eigenvalue weighted by Gasteiger charge is -2.43. The van der Waals surface area contributed by atoms with Gasteiger partial charge in [0, 0.05) is 37.4 Å². The molecule has 1 saturated heterocycles. The minimum absolute atomic E-state index is 0.0324.